The highest BCUT2D eigenvalue weighted by atomic mass is 16.5. The number of nitrogens with zero attached hydrogens (tertiary/aromatic N) is 4. The number of methoxy groups -OCH3 is 2. The summed E-state index contributed by atoms with van der Waals surface area (Å²) in [6.07, 6.45) is 7.29. The molecule has 1 amide bonds. The number of rotatable bonds is 5. The monoisotopic (exact) mass is 418 g/mol. The fourth-order valence-electron chi connectivity index (χ4n) is 4.08. The summed E-state index contributed by atoms with van der Waals surface area (Å²) in [4.78, 5) is 28.5. The number of aryl methyl sites for hydroxylation is 1. The lowest BCUT2D eigenvalue weighted by Crippen LogP contribution is -2.39. The van der Waals surface area contributed by atoms with Crippen molar-refractivity contribution in [2.75, 3.05) is 27.3 Å². The molecule has 7 nitrogen and oxygen atoms in total. The standard InChI is InChI=1S/C24H26N4O3/c1-16-26-14-21(17-8-10-25-11-9-17)23(27-16)18-5-4-12-28(15-18)24(29)20-7-6-19(30-2)13-22(20)31-3/h6-11,13-14,18H,4-5,12,15H2,1-3H3/t18-/m0/s1. The van der Waals surface area contributed by atoms with Gasteiger partial charge in [-0.1, -0.05) is 0 Å². The van der Waals surface area contributed by atoms with Gasteiger partial charge in [0.15, 0.2) is 0 Å². The lowest BCUT2D eigenvalue weighted by atomic mass is 9.89. The molecule has 7 heteroatoms. The zero-order valence-corrected chi connectivity index (χ0v) is 18.0. The Morgan fingerprint density at radius 1 is 1.13 bits per heavy atom. The highest BCUT2D eigenvalue weighted by Crippen LogP contribution is 2.34. The van der Waals surface area contributed by atoms with Crippen molar-refractivity contribution in [1.29, 1.82) is 0 Å². The van der Waals surface area contributed by atoms with Crippen molar-refractivity contribution >= 4 is 5.91 Å². The number of piperidine rings is 1. The molecule has 0 unspecified atom stereocenters. The predicted octanol–water partition coefficient (Wildman–Crippen LogP) is 3.88. The molecule has 0 bridgehead atoms. The molecule has 0 spiro atoms. The number of amides is 1. The van der Waals surface area contributed by atoms with Crippen LogP contribution in [-0.2, 0) is 0 Å². The summed E-state index contributed by atoms with van der Waals surface area (Å²) in [5.41, 5.74) is 3.55. The van der Waals surface area contributed by atoms with Crippen LogP contribution in [0.25, 0.3) is 11.1 Å². The first-order valence-electron chi connectivity index (χ1n) is 10.4. The van der Waals surface area contributed by atoms with E-state index in [-0.39, 0.29) is 11.8 Å². The third kappa shape index (κ3) is 4.35. The van der Waals surface area contributed by atoms with E-state index < -0.39 is 0 Å². The topological polar surface area (TPSA) is 77.4 Å². The predicted molar refractivity (Wildman–Crippen MR) is 117 cm³/mol. The van der Waals surface area contributed by atoms with Gasteiger partial charge in [0.05, 0.1) is 25.5 Å². The molecular formula is C24H26N4O3. The molecule has 3 aromatic rings. The second-order valence-electron chi connectivity index (χ2n) is 7.61. The maximum absolute atomic E-state index is 13.3. The molecule has 1 fully saturated rings. The number of likely N-dealkylation sites (tertiary alicyclic amines) is 1. The summed E-state index contributed by atoms with van der Waals surface area (Å²) in [6, 6.07) is 9.22. The molecule has 0 saturated carbocycles. The van der Waals surface area contributed by atoms with E-state index in [1.54, 1.807) is 44.8 Å². The normalized spacial score (nSPS) is 16.1. The lowest BCUT2D eigenvalue weighted by molar-refractivity contribution is 0.0702. The summed E-state index contributed by atoms with van der Waals surface area (Å²) >= 11 is 0. The van der Waals surface area contributed by atoms with Gasteiger partial charge >= 0.3 is 0 Å². The number of carbonyl (C=O) groups is 1. The van der Waals surface area contributed by atoms with Crippen molar-refractivity contribution in [3.05, 3.63) is 66.0 Å². The molecule has 1 aliphatic rings. The van der Waals surface area contributed by atoms with Crippen LogP contribution in [0.1, 0.15) is 40.6 Å². The Morgan fingerprint density at radius 2 is 1.94 bits per heavy atom. The Balaban J connectivity index is 1.63. The molecule has 0 aliphatic carbocycles. The van der Waals surface area contributed by atoms with Crippen molar-refractivity contribution in [3.8, 4) is 22.6 Å². The summed E-state index contributed by atoms with van der Waals surface area (Å²) in [7, 11) is 3.16. The van der Waals surface area contributed by atoms with E-state index >= 15 is 0 Å². The molecule has 31 heavy (non-hydrogen) atoms. The Kier molecular flexibility index (Phi) is 6.11. The summed E-state index contributed by atoms with van der Waals surface area (Å²) in [6.45, 7) is 3.20. The van der Waals surface area contributed by atoms with Gasteiger partial charge in [0, 0.05) is 49.2 Å². The third-order valence-corrected chi connectivity index (χ3v) is 5.66. The van der Waals surface area contributed by atoms with Crippen LogP contribution in [0.15, 0.2) is 48.9 Å². The average molecular weight is 418 g/mol. The second-order valence-corrected chi connectivity index (χ2v) is 7.61. The molecule has 1 saturated heterocycles. The lowest BCUT2D eigenvalue weighted by Gasteiger charge is -2.33. The van der Waals surface area contributed by atoms with Crippen molar-refractivity contribution in [1.82, 2.24) is 19.9 Å². The number of hydrogen-bond donors (Lipinski definition) is 0. The van der Waals surface area contributed by atoms with Gasteiger partial charge in [0.1, 0.15) is 17.3 Å². The first kappa shape index (κ1) is 20.8. The number of aromatic nitrogens is 3. The van der Waals surface area contributed by atoms with E-state index in [1.807, 2.05) is 30.2 Å². The number of pyridine rings is 1. The maximum Gasteiger partial charge on any atom is 0.257 e. The van der Waals surface area contributed by atoms with E-state index in [9.17, 15) is 4.79 Å². The molecule has 1 aromatic carbocycles. The van der Waals surface area contributed by atoms with Crippen LogP contribution >= 0.6 is 0 Å². The molecule has 160 valence electrons. The fraction of sp³-hybridized carbons (Fsp3) is 0.333. The van der Waals surface area contributed by atoms with Crippen LogP contribution in [0, 0.1) is 6.92 Å². The minimum absolute atomic E-state index is 0.0413. The number of benzene rings is 1. The Labute approximate surface area is 182 Å². The minimum Gasteiger partial charge on any atom is -0.497 e. The van der Waals surface area contributed by atoms with Gasteiger partial charge in [-0.05, 0) is 49.6 Å². The Bertz CT molecular complexity index is 1070. The van der Waals surface area contributed by atoms with Crippen molar-refractivity contribution < 1.29 is 14.3 Å². The molecule has 4 rings (SSSR count). The molecular weight excluding hydrogens is 392 g/mol. The first-order valence-corrected chi connectivity index (χ1v) is 10.4. The molecule has 3 heterocycles. The zero-order chi connectivity index (χ0) is 21.8. The Hall–Kier alpha value is -3.48. The highest BCUT2D eigenvalue weighted by Gasteiger charge is 2.29. The average Bonchev–Trinajstić information content (AvgIpc) is 2.83. The van der Waals surface area contributed by atoms with Crippen LogP contribution in [-0.4, -0.2) is 53.1 Å². The molecule has 0 radical (unpaired) electrons. The number of ether oxygens (including phenoxy) is 2. The van der Waals surface area contributed by atoms with Gasteiger partial charge < -0.3 is 14.4 Å². The largest absolute Gasteiger partial charge is 0.497 e. The van der Waals surface area contributed by atoms with E-state index in [4.69, 9.17) is 14.5 Å². The number of carbonyl (C=O) groups excluding carboxylic acids is 1. The quantitative estimate of drug-likeness (QED) is 0.626. The SMILES string of the molecule is COc1ccc(C(=O)N2CCC[C@H](c3nc(C)ncc3-c3ccncc3)C2)c(OC)c1. The smallest absolute Gasteiger partial charge is 0.257 e. The van der Waals surface area contributed by atoms with Gasteiger partial charge in [-0.15, -0.1) is 0 Å². The second kappa shape index (κ2) is 9.12. The van der Waals surface area contributed by atoms with Gasteiger partial charge in [-0.3, -0.25) is 9.78 Å². The maximum atomic E-state index is 13.3. The zero-order valence-electron chi connectivity index (χ0n) is 18.0. The van der Waals surface area contributed by atoms with Crippen LogP contribution in [0.4, 0.5) is 0 Å². The van der Waals surface area contributed by atoms with Gasteiger partial charge in [-0.25, -0.2) is 9.97 Å². The van der Waals surface area contributed by atoms with E-state index in [2.05, 4.69) is 9.97 Å². The van der Waals surface area contributed by atoms with E-state index in [0.717, 1.165) is 35.5 Å². The van der Waals surface area contributed by atoms with Crippen LogP contribution in [0.2, 0.25) is 0 Å². The van der Waals surface area contributed by atoms with Gasteiger partial charge in [0.25, 0.3) is 5.91 Å². The van der Waals surface area contributed by atoms with Crippen molar-refractivity contribution in [3.63, 3.8) is 0 Å². The molecule has 1 atom stereocenters. The highest BCUT2D eigenvalue weighted by molar-refractivity contribution is 5.97. The summed E-state index contributed by atoms with van der Waals surface area (Å²) in [5.74, 6) is 1.99. The molecule has 1 aliphatic heterocycles. The van der Waals surface area contributed by atoms with Crippen LogP contribution in [0.5, 0.6) is 11.5 Å². The van der Waals surface area contributed by atoms with Gasteiger partial charge in [0.2, 0.25) is 0 Å². The van der Waals surface area contributed by atoms with Crippen molar-refractivity contribution in [2.24, 2.45) is 0 Å². The van der Waals surface area contributed by atoms with E-state index in [1.165, 1.54) is 0 Å². The van der Waals surface area contributed by atoms with E-state index in [0.29, 0.717) is 30.2 Å². The number of hydrogen-bond acceptors (Lipinski definition) is 6. The van der Waals surface area contributed by atoms with Crippen LogP contribution < -0.4 is 9.47 Å². The summed E-state index contributed by atoms with van der Waals surface area (Å²) < 4.78 is 10.7. The van der Waals surface area contributed by atoms with Crippen molar-refractivity contribution in [2.45, 2.75) is 25.7 Å². The molecule has 2 aromatic heterocycles. The third-order valence-electron chi connectivity index (χ3n) is 5.66. The Morgan fingerprint density at radius 3 is 2.68 bits per heavy atom. The van der Waals surface area contributed by atoms with Crippen LogP contribution in [0.3, 0.4) is 0 Å². The first-order chi connectivity index (χ1) is 15.1. The fourth-order valence-corrected chi connectivity index (χ4v) is 4.08. The molecule has 0 N–H and O–H groups in total. The van der Waals surface area contributed by atoms with Gasteiger partial charge in [-0.2, -0.15) is 0 Å². The summed E-state index contributed by atoms with van der Waals surface area (Å²) in [5, 5.41) is 0. The minimum atomic E-state index is -0.0413.